The van der Waals surface area contributed by atoms with Gasteiger partial charge >= 0.3 is 0 Å². The van der Waals surface area contributed by atoms with Crippen LogP contribution in [-0.2, 0) is 17.9 Å². The molecule has 0 radical (unpaired) electrons. The highest BCUT2D eigenvalue weighted by Gasteiger charge is 2.37. The van der Waals surface area contributed by atoms with Gasteiger partial charge in [0.05, 0.1) is 11.3 Å². The molecule has 44 heavy (non-hydrogen) atoms. The molecule has 0 unspecified atom stereocenters. The molecule has 1 aliphatic rings. The molecule has 1 aliphatic heterocycles. The van der Waals surface area contributed by atoms with Crippen molar-refractivity contribution < 1.29 is 18.7 Å². The van der Waals surface area contributed by atoms with Crippen molar-refractivity contribution in [2.24, 2.45) is 5.92 Å². The fraction of sp³-hybridized carbons (Fsp3) is 0.216. The number of anilines is 1. The zero-order valence-corrected chi connectivity index (χ0v) is 25.4. The van der Waals surface area contributed by atoms with Gasteiger partial charge in [0.25, 0.3) is 5.91 Å². The summed E-state index contributed by atoms with van der Waals surface area (Å²) in [6.45, 7) is 8.17. The second-order valence-corrected chi connectivity index (χ2v) is 10.7. The quantitative estimate of drug-likeness (QED) is 0.198. The Morgan fingerprint density at radius 3 is 2.11 bits per heavy atom. The molecule has 0 spiro atoms. The van der Waals surface area contributed by atoms with E-state index in [1.54, 1.807) is 23.2 Å². The molecule has 6 rings (SSSR count). The predicted octanol–water partition coefficient (Wildman–Crippen LogP) is 8.32. The highest BCUT2D eigenvalue weighted by Crippen LogP contribution is 2.45. The van der Waals surface area contributed by atoms with E-state index in [0.717, 1.165) is 16.7 Å². The number of aromatic nitrogens is 1. The summed E-state index contributed by atoms with van der Waals surface area (Å²) in [7, 11) is 0. The standard InChI is InChI=1S/C35H30FN3O3.C2H6/c1-22(2)34(40)38-30-27-14-9-19-37-31(27)33(42-32(24-10-5-3-6-11-24)25-12-7-4-8-13-25)29-28(30)21-39(35(29)41)20-23-15-17-26(36)18-16-23;1-2/h3-19,22,32H,20-21H2,1-2H3,(H,38,40);1-2H3. The highest BCUT2D eigenvalue weighted by atomic mass is 19.1. The average molecular weight is 590 g/mol. The maximum absolute atomic E-state index is 14.2. The first-order chi connectivity index (χ1) is 21.4. The largest absolute Gasteiger partial charge is 0.478 e. The maximum Gasteiger partial charge on any atom is 0.258 e. The molecule has 0 fully saturated rings. The average Bonchev–Trinajstić information content (AvgIpc) is 3.38. The zero-order chi connectivity index (χ0) is 31.2. The summed E-state index contributed by atoms with van der Waals surface area (Å²) in [5.41, 5.74) is 4.74. The molecular weight excluding hydrogens is 553 g/mol. The second kappa shape index (κ2) is 13.5. The molecular formula is C37H36FN3O3. The Morgan fingerprint density at radius 1 is 0.909 bits per heavy atom. The Labute approximate surface area is 257 Å². The third-order valence-electron chi connectivity index (χ3n) is 7.47. The number of hydrogen-bond donors (Lipinski definition) is 1. The van der Waals surface area contributed by atoms with E-state index in [4.69, 9.17) is 4.74 Å². The fourth-order valence-electron chi connectivity index (χ4n) is 5.30. The molecule has 5 aromatic rings. The van der Waals surface area contributed by atoms with Gasteiger partial charge in [0.2, 0.25) is 5.91 Å². The minimum absolute atomic E-state index is 0.160. The maximum atomic E-state index is 14.2. The summed E-state index contributed by atoms with van der Waals surface area (Å²) in [6, 6.07) is 29.5. The number of halogens is 1. The van der Waals surface area contributed by atoms with Crippen molar-refractivity contribution in [3.05, 3.63) is 137 Å². The minimum atomic E-state index is -0.517. The Bertz CT molecular complexity index is 1720. The number of hydrogen-bond acceptors (Lipinski definition) is 4. The lowest BCUT2D eigenvalue weighted by molar-refractivity contribution is -0.118. The van der Waals surface area contributed by atoms with Gasteiger partial charge in [0.15, 0.2) is 5.75 Å². The number of ether oxygens (including phenoxy) is 1. The van der Waals surface area contributed by atoms with Gasteiger partial charge in [-0.15, -0.1) is 0 Å². The summed E-state index contributed by atoms with van der Waals surface area (Å²) in [6.07, 6.45) is 1.14. The third kappa shape index (κ3) is 6.18. The van der Waals surface area contributed by atoms with E-state index in [-0.39, 0.29) is 36.6 Å². The first-order valence-electron chi connectivity index (χ1n) is 15.0. The van der Waals surface area contributed by atoms with Crippen molar-refractivity contribution in [2.45, 2.75) is 46.9 Å². The lowest BCUT2D eigenvalue weighted by Crippen LogP contribution is -2.23. The lowest BCUT2D eigenvalue weighted by Gasteiger charge is -2.24. The first-order valence-corrected chi connectivity index (χ1v) is 15.0. The number of rotatable bonds is 8. The van der Waals surface area contributed by atoms with Gasteiger partial charge in [-0.25, -0.2) is 4.39 Å². The van der Waals surface area contributed by atoms with Crippen LogP contribution in [0.1, 0.15) is 66.4 Å². The van der Waals surface area contributed by atoms with Gasteiger partial charge in [0, 0.05) is 36.2 Å². The number of carbonyl (C=O) groups is 2. The molecule has 2 amide bonds. The topological polar surface area (TPSA) is 71.5 Å². The van der Waals surface area contributed by atoms with Gasteiger partial charge in [-0.2, -0.15) is 0 Å². The van der Waals surface area contributed by atoms with Crippen LogP contribution in [0.2, 0.25) is 0 Å². The van der Waals surface area contributed by atoms with Crippen molar-refractivity contribution in [3.8, 4) is 5.75 Å². The molecule has 0 atom stereocenters. The van der Waals surface area contributed by atoms with Crippen molar-refractivity contribution >= 4 is 28.4 Å². The number of nitrogens with zero attached hydrogens (tertiary/aromatic N) is 2. The number of benzene rings is 4. The number of carbonyl (C=O) groups excluding carboxylic acids is 2. The van der Waals surface area contributed by atoms with Gasteiger partial charge in [-0.1, -0.05) is 100 Å². The number of fused-ring (bicyclic) bond motifs is 2. The minimum Gasteiger partial charge on any atom is -0.478 e. The second-order valence-electron chi connectivity index (χ2n) is 10.7. The van der Waals surface area contributed by atoms with Crippen molar-refractivity contribution in [1.29, 1.82) is 0 Å². The monoisotopic (exact) mass is 589 g/mol. The molecule has 0 saturated heterocycles. The van der Waals surface area contributed by atoms with E-state index in [0.29, 0.717) is 33.5 Å². The van der Waals surface area contributed by atoms with E-state index in [9.17, 15) is 14.0 Å². The molecule has 0 bridgehead atoms. The van der Waals surface area contributed by atoms with Gasteiger partial charge in [0.1, 0.15) is 17.4 Å². The van der Waals surface area contributed by atoms with E-state index in [2.05, 4.69) is 10.3 Å². The first kappa shape index (κ1) is 30.4. The Kier molecular flexibility index (Phi) is 9.34. The van der Waals surface area contributed by atoms with Crippen LogP contribution in [0.15, 0.2) is 103 Å². The van der Waals surface area contributed by atoms with Crippen LogP contribution < -0.4 is 10.1 Å². The lowest BCUT2D eigenvalue weighted by atomic mass is 9.98. The summed E-state index contributed by atoms with van der Waals surface area (Å²) in [5.74, 6) is -0.637. The van der Waals surface area contributed by atoms with Crippen LogP contribution in [0.4, 0.5) is 10.1 Å². The van der Waals surface area contributed by atoms with E-state index < -0.39 is 6.10 Å². The van der Waals surface area contributed by atoms with Crippen LogP contribution in [0.3, 0.4) is 0 Å². The van der Waals surface area contributed by atoms with E-state index in [1.165, 1.54) is 12.1 Å². The normalized spacial score (nSPS) is 12.2. The Morgan fingerprint density at radius 2 is 1.52 bits per heavy atom. The smallest absolute Gasteiger partial charge is 0.258 e. The van der Waals surface area contributed by atoms with Gasteiger partial charge < -0.3 is 15.0 Å². The zero-order valence-electron chi connectivity index (χ0n) is 25.4. The summed E-state index contributed by atoms with van der Waals surface area (Å²) < 4.78 is 20.5. The highest BCUT2D eigenvalue weighted by molar-refractivity contribution is 6.14. The Balaban J connectivity index is 0.00000188. The molecule has 7 heteroatoms. The van der Waals surface area contributed by atoms with Crippen molar-refractivity contribution in [3.63, 3.8) is 0 Å². The van der Waals surface area contributed by atoms with E-state index >= 15 is 0 Å². The van der Waals surface area contributed by atoms with Crippen molar-refractivity contribution in [1.82, 2.24) is 9.88 Å². The van der Waals surface area contributed by atoms with E-state index in [1.807, 2.05) is 100 Å². The van der Waals surface area contributed by atoms with Gasteiger partial charge in [-0.3, -0.25) is 14.6 Å². The fourth-order valence-corrected chi connectivity index (χ4v) is 5.30. The number of amides is 2. The molecule has 1 N–H and O–H groups in total. The Hall–Kier alpha value is -5.04. The number of pyridine rings is 1. The number of nitrogens with one attached hydrogen (secondary N) is 1. The van der Waals surface area contributed by atoms with Crippen LogP contribution in [0.5, 0.6) is 5.75 Å². The molecule has 0 saturated carbocycles. The van der Waals surface area contributed by atoms with Crippen molar-refractivity contribution in [2.75, 3.05) is 5.32 Å². The molecule has 1 aromatic heterocycles. The molecule has 0 aliphatic carbocycles. The summed E-state index contributed by atoms with van der Waals surface area (Å²) >= 11 is 0. The van der Waals surface area contributed by atoms with Crippen LogP contribution in [0, 0.1) is 11.7 Å². The predicted molar refractivity (Wildman–Crippen MR) is 172 cm³/mol. The molecule has 4 aromatic carbocycles. The van der Waals surface area contributed by atoms with Crippen LogP contribution >= 0.6 is 0 Å². The summed E-state index contributed by atoms with van der Waals surface area (Å²) in [5, 5.41) is 3.77. The SMILES string of the molecule is CC.CC(C)C(=O)Nc1c2c(c(OC(c3ccccc3)c3ccccc3)c3ncccc13)C(=O)N(Cc1ccc(F)cc1)C2. The third-order valence-corrected chi connectivity index (χ3v) is 7.47. The molecule has 2 heterocycles. The van der Waals surface area contributed by atoms with Gasteiger partial charge in [-0.05, 0) is 41.0 Å². The van der Waals surface area contributed by atoms with Crippen LogP contribution in [0.25, 0.3) is 10.9 Å². The van der Waals surface area contributed by atoms with Crippen LogP contribution in [-0.4, -0.2) is 21.7 Å². The summed E-state index contributed by atoms with van der Waals surface area (Å²) in [4.78, 5) is 33.5. The molecule has 6 nitrogen and oxygen atoms in total. The molecule has 224 valence electrons.